The molecule has 0 fully saturated rings. The normalized spacial score (nSPS) is 11.7. The van der Waals surface area contributed by atoms with Gasteiger partial charge in [-0.1, -0.05) is 115 Å². The lowest BCUT2D eigenvalue weighted by molar-refractivity contribution is -0.137. The van der Waals surface area contributed by atoms with Gasteiger partial charge in [0.25, 0.3) is 0 Å². The van der Waals surface area contributed by atoms with Crippen LogP contribution in [-0.4, -0.2) is 19.9 Å². The Kier molecular flexibility index (Phi) is 7.45. The fraction of sp³-hybridized carbons (Fsp3) is 0.0476. The molecule has 236 valence electrons. The van der Waals surface area contributed by atoms with Crippen LogP contribution in [0.15, 0.2) is 146 Å². The number of aryl methyl sites for hydroxylation is 1. The predicted octanol–water partition coefficient (Wildman–Crippen LogP) is 11.2. The number of hydrogen-bond donors (Lipinski definition) is 0. The first-order valence-corrected chi connectivity index (χ1v) is 15.8. The van der Waals surface area contributed by atoms with Crippen molar-refractivity contribution in [2.45, 2.75) is 13.1 Å². The smallest absolute Gasteiger partial charge is 0.244 e. The molecule has 0 saturated carbocycles. The summed E-state index contributed by atoms with van der Waals surface area (Å²) in [4.78, 5) is 20.2. The van der Waals surface area contributed by atoms with Crippen LogP contribution in [0.3, 0.4) is 0 Å². The molecule has 2 heterocycles. The van der Waals surface area contributed by atoms with E-state index in [1.54, 1.807) is 0 Å². The Morgan fingerprint density at radius 1 is 0.367 bits per heavy atom. The molecule has 0 unspecified atom stereocenters. The zero-order valence-electron chi connectivity index (χ0n) is 26.3. The summed E-state index contributed by atoms with van der Waals surface area (Å²) >= 11 is 0. The minimum Gasteiger partial charge on any atom is -0.244 e. The lowest BCUT2D eigenvalue weighted by Crippen LogP contribution is -2.04. The molecule has 8 aromatic rings. The average molecular weight is 645 g/mol. The Morgan fingerprint density at radius 2 is 0.714 bits per heavy atom. The Balaban J connectivity index is 1.25. The van der Waals surface area contributed by atoms with E-state index in [-0.39, 0.29) is 0 Å². The first kappa shape index (κ1) is 30.1. The number of fused-ring (bicyclic) bond motifs is 2. The van der Waals surface area contributed by atoms with Crippen molar-refractivity contribution >= 4 is 22.1 Å². The fourth-order valence-electron chi connectivity index (χ4n) is 5.99. The number of alkyl halides is 3. The second kappa shape index (κ2) is 12.1. The van der Waals surface area contributed by atoms with Crippen LogP contribution in [0.5, 0.6) is 0 Å². The van der Waals surface area contributed by atoms with E-state index in [2.05, 4.69) is 31.2 Å². The van der Waals surface area contributed by atoms with Crippen molar-refractivity contribution in [3.63, 3.8) is 0 Å². The third-order valence-electron chi connectivity index (χ3n) is 8.57. The summed E-state index contributed by atoms with van der Waals surface area (Å²) in [6.45, 7) is 2.06. The minimum absolute atomic E-state index is 0.513. The van der Waals surface area contributed by atoms with E-state index in [0.717, 1.165) is 62.4 Å². The molecule has 0 saturated heterocycles. The molecule has 8 rings (SSSR count). The van der Waals surface area contributed by atoms with Gasteiger partial charge in [-0.3, -0.25) is 0 Å². The molecule has 0 bridgehead atoms. The van der Waals surface area contributed by atoms with E-state index < -0.39 is 11.7 Å². The van der Waals surface area contributed by atoms with E-state index in [0.29, 0.717) is 28.0 Å². The van der Waals surface area contributed by atoms with Gasteiger partial charge in [0, 0.05) is 22.3 Å². The summed E-state index contributed by atoms with van der Waals surface area (Å²) in [5.41, 5.74) is 11.3. The second-order valence-corrected chi connectivity index (χ2v) is 11.9. The van der Waals surface area contributed by atoms with Crippen LogP contribution in [0.4, 0.5) is 13.2 Å². The zero-order valence-corrected chi connectivity index (χ0v) is 26.3. The highest BCUT2D eigenvalue weighted by atomic mass is 19.4. The largest absolute Gasteiger partial charge is 0.416 e. The van der Waals surface area contributed by atoms with Crippen molar-refractivity contribution < 1.29 is 13.2 Å². The average Bonchev–Trinajstić information content (AvgIpc) is 3.14. The van der Waals surface area contributed by atoms with Gasteiger partial charge >= 0.3 is 6.18 Å². The molecular formula is C42H27F3N4. The molecule has 0 N–H and O–H groups in total. The van der Waals surface area contributed by atoms with Gasteiger partial charge in [0.05, 0.1) is 50.4 Å². The summed E-state index contributed by atoms with van der Waals surface area (Å²) in [6.07, 6.45) is -4.42. The van der Waals surface area contributed by atoms with Crippen molar-refractivity contribution in [3.05, 3.63) is 157 Å². The molecule has 0 aliphatic carbocycles. The molecule has 0 amide bonds. The quantitative estimate of drug-likeness (QED) is 0.187. The van der Waals surface area contributed by atoms with E-state index in [1.807, 2.05) is 97.1 Å². The molecule has 4 nitrogen and oxygen atoms in total. The minimum atomic E-state index is -4.42. The Morgan fingerprint density at radius 3 is 1.12 bits per heavy atom. The summed E-state index contributed by atoms with van der Waals surface area (Å²) < 4.78 is 39.9. The van der Waals surface area contributed by atoms with Gasteiger partial charge < -0.3 is 0 Å². The fourth-order valence-corrected chi connectivity index (χ4v) is 5.99. The molecule has 49 heavy (non-hydrogen) atoms. The van der Waals surface area contributed by atoms with Crippen LogP contribution >= 0.6 is 0 Å². The van der Waals surface area contributed by atoms with Crippen molar-refractivity contribution in [2.24, 2.45) is 0 Å². The molecule has 7 heteroatoms. The van der Waals surface area contributed by atoms with E-state index >= 15 is 0 Å². The third kappa shape index (κ3) is 5.91. The maximum absolute atomic E-state index is 13.3. The van der Waals surface area contributed by atoms with Crippen LogP contribution in [0.25, 0.3) is 78.2 Å². The van der Waals surface area contributed by atoms with Gasteiger partial charge in [-0.15, -0.1) is 0 Å². The Labute approximate surface area is 280 Å². The van der Waals surface area contributed by atoms with Crippen molar-refractivity contribution in [3.8, 4) is 56.2 Å². The number of nitrogens with zero attached hydrogens (tertiary/aromatic N) is 4. The van der Waals surface area contributed by atoms with E-state index in [9.17, 15) is 13.2 Å². The highest BCUT2D eigenvalue weighted by Gasteiger charge is 2.30. The summed E-state index contributed by atoms with van der Waals surface area (Å²) in [7, 11) is 0. The Hall–Kier alpha value is -6.21. The van der Waals surface area contributed by atoms with Crippen LogP contribution in [0.1, 0.15) is 11.1 Å². The third-order valence-corrected chi connectivity index (χ3v) is 8.57. The highest BCUT2D eigenvalue weighted by molar-refractivity contribution is 5.92. The van der Waals surface area contributed by atoms with Gasteiger partial charge in [0.15, 0.2) is 0 Å². The van der Waals surface area contributed by atoms with Crippen LogP contribution in [0, 0.1) is 6.92 Å². The molecule has 0 radical (unpaired) electrons. The molecule has 0 aliphatic heterocycles. The molecular weight excluding hydrogens is 617 g/mol. The van der Waals surface area contributed by atoms with E-state index in [4.69, 9.17) is 19.9 Å². The standard InChI is InChI=1S/C42H27F3N4/c1-26-12-14-29(15-13-26)41-38(27-8-4-2-5-9-27)46-34-22-18-32(25-37(34)49-41)31-19-23-35-36(24-31)48-39(28-10-6-3-7-11-28)40(47-35)30-16-20-33(21-17-30)42(43,44)45/h2-25H,1H3. The maximum Gasteiger partial charge on any atom is 0.416 e. The molecule has 2 aromatic heterocycles. The van der Waals surface area contributed by atoms with Crippen LogP contribution in [0.2, 0.25) is 0 Å². The number of hydrogen-bond acceptors (Lipinski definition) is 4. The van der Waals surface area contributed by atoms with Crippen LogP contribution in [-0.2, 0) is 6.18 Å². The number of rotatable bonds is 5. The maximum atomic E-state index is 13.3. The van der Waals surface area contributed by atoms with Gasteiger partial charge in [-0.25, -0.2) is 19.9 Å². The summed E-state index contributed by atoms with van der Waals surface area (Å²) in [5.74, 6) is 0. The molecule has 6 aromatic carbocycles. The lowest BCUT2D eigenvalue weighted by Gasteiger charge is -2.13. The predicted molar refractivity (Wildman–Crippen MR) is 190 cm³/mol. The summed E-state index contributed by atoms with van der Waals surface area (Å²) in [6, 6.07) is 44.9. The molecule has 0 aliphatic rings. The molecule has 0 atom stereocenters. The number of halogens is 3. The zero-order chi connectivity index (χ0) is 33.5. The van der Waals surface area contributed by atoms with Crippen LogP contribution < -0.4 is 0 Å². The monoisotopic (exact) mass is 644 g/mol. The molecule has 0 spiro atoms. The topological polar surface area (TPSA) is 51.6 Å². The van der Waals surface area contributed by atoms with Gasteiger partial charge in [-0.05, 0) is 54.4 Å². The van der Waals surface area contributed by atoms with Crippen molar-refractivity contribution in [1.82, 2.24) is 19.9 Å². The SMILES string of the molecule is Cc1ccc(-c2nc3cc(-c4ccc5nc(-c6ccc(C(F)(F)F)cc6)c(-c6ccccc6)nc5c4)ccc3nc2-c2ccccc2)cc1. The lowest BCUT2D eigenvalue weighted by atomic mass is 10.0. The first-order valence-electron chi connectivity index (χ1n) is 15.8. The van der Waals surface area contributed by atoms with Gasteiger partial charge in [0.2, 0.25) is 0 Å². The second-order valence-electron chi connectivity index (χ2n) is 11.9. The van der Waals surface area contributed by atoms with Gasteiger partial charge in [0.1, 0.15) is 0 Å². The Bertz CT molecular complexity index is 2460. The first-order chi connectivity index (χ1) is 23.8. The van der Waals surface area contributed by atoms with E-state index in [1.165, 1.54) is 17.7 Å². The highest BCUT2D eigenvalue weighted by Crippen LogP contribution is 2.36. The number of aromatic nitrogens is 4. The number of benzene rings is 6. The van der Waals surface area contributed by atoms with Crippen molar-refractivity contribution in [1.29, 1.82) is 0 Å². The summed E-state index contributed by atoms with van der Waals surface area (Å²) in [5, 5.41) is 0. The van der Waals surface area contributed by atoms with Gasteiger partial charge in [-0.2, -0.15) is 13.2 Å². The van der Waals surface area contributed by atoms with Crippen molar-refractivity contribution in [2.75, 3.05) is 0 Å².